The summed E-state index contributed by atoms with van der Waals surface area (Å²) in [5.41, 5.74) is 0.931. The summed E-state index contributed by atoms with van der Waals surface area (Å²) in [6, 6.07) is 7.41. The summed E-state index contributed by atoms with van der Waals surface area (Å²) in [7, 11) is 3.52. The Morgan fingerprint density at radius 1 is 1.35 bits per heavy atom. The Balaban J connectivity index is 1.89. The highest BCUT2D eigenvalue weighted by molar-refractivity contribution is 7.99. The smallest absolute Gasteiger partial charge is 0.230 e. The van der Waals surface area contributed by atoms with Gasteiger partial charge in [0.2, 0.25) is 5.91 Å². The van der Waals surface area contributed by atoms with Crippen LogP contribution in [0, 0.1) is 0 Å². The highest BCUT2D eigenvalue weighted by atomic mass is 35.5. The van der Waals surface area contributed by atoms with E-state index in [4.69, 9.17) is 16.3 Å². The molecule has 0 atom stereocenters. The van der Waals surface area contributed by atoms with Gasteiger partial charge < -0.3 is 14.6 Å². The molecule has 0 spiro atoms. The molecule has 2 rings (SSSR count). The molecule has 23 heavy (non-hydrogen) atoms. The monoisotopic (exact) mass is 354 g/mol. The normalized spacial score (nSPS) is 10.7. The number of carbonyl (C=O) groups excluding carboxylic acids is 1. The van der Waals surface area contributed by atoms with E-state index >= 15 is 0 Å². The highest BCUT2D eigenvalue weighted by Crippen LogP contribution is 2.23. The van der Waals surface area contributed by atoms with Gasteiger partial charge in [0, 0.05) is 37.9 Å². The number of aromatic nitrogens is 3. The fourth-order valence-electron chi connectivity index (χ4n) is 1.92. The van der Waals surface area contributed by atoms with Crippen LogP contribution in [-0.2, 0) is 16.6 Å². The number of nitrogens with zero attached hydrogens (tertiary/aromatic N) is 3. The zero-order valence-electron chi connectivity index (χ0n) is 13.1. The predicted molar refractivity (Wildman–Crippen MR) is 91.7 cm³/mol. The molecule has 0 fully saturated rings. The van der Waals surface area contributed by atoms with Gasteiger partial charge in [0.1, 0.15) is 0 Å². The van der Waals surface area contributed by atoms with Gasteiger partial charge in [-0.3, -0.25) is 4.79 Å². The molecule has 1 heterocycles. The number of hydrogen-bond donors (Lipinski definition) is 1. The molecular weight excluding hydrogens is 336 g/mol. The summed E-state index contributed by atoms with van der Waals surface area (Å²) in [5.74, 6) is 1.02. The van der Waals surface area contributed by atoms with E-state index in [0.29, 0.717) is 29.1 Å². The largest absolute Gasteiger partial charge is 0.385 e. The van der Waals surface area contributed by atoms with Gasteiger partial charge in [0.05, 0.1) is 5.75 Å². The first kappa shape index (κ1) is 17.8. The van der Waals surface area contributed by atoms with Crippen molar-refractivity contribution in [2.24, 2.45) is 7.05 Å². The van der Waals surface area contributed by atoms with Crippen LogP contribution < -0.4 is 5.32 Å². The molecule has 0 saturated carbocycles. The van der Waals surface area contributed by atoms with Crippen molar-refractivity contribution in [1.29, 1.82) is 0 Å². The number of thioether (sulfide) groups is 1. The fourth-order valence-corrected chi connectivity index (χ4v) is 2.78. The van der Waals surface area contributed by atoms with Crippen LogP contribution in [-0.4, -0.2) is 46.7 Å². The van der Waals surface area contributed by atoms with Crippen molar-refractivity contribution in [3.63, 3.8) is 0 Å². The quantitative estimate of drug-likeness (QED) is 0.582. The van der Waals surface area contributed by atoms with E-state index in [1.807, 2.05) is 35.9 Å². The van der Waals surface area contributed by atoms with Gasteiger partial charge in [0.15, 0.2) is 11.0 Å². The van der Waals surface area contributed by atoms with E-state index in [1.165, 1.54) is 11.8 Å². The molecule has 124 valence electrons. The molecule has 0 aliphatic heterocycles. The van der Waals surface area contributed by atoms with E-state index in [1.54, 1.807) is 7.11 Å². The van der Waals surface area contributed by atoms with E-state index < -0.39 is 0 Å². The minimum atomic E-state index is -0.0258. The first-order chi connectivity index (χ1) is 11.1. The van der Waals surface area contributed by atoms with Crippen molar-refractivity contribution >= 4 is 29.3 Å². The van der Waals surface area contributed by atoms with Crippen molar-refractivity contribution in [1.82, 2.24) is 20.1 Å². The Morgan fingerprint density at radius 2 is 2.09 bits per heavy atom. The van der Waals surface area contributed by atoms with Crippen molar-refractivity contribution in [3.8, 4) is 11.4 Å². The molecule has 1 aromatic heterocycles. The standard InChI is InChI=1S/C15H19ClN4O2S/c1-20-14(11-4-6-12(16)7-5-11)18-19-15(20)23-10-13(21)17-8-3-9-22-2/h4-7H,3,8-10H2,1-2H3,(H,17,21). The molecule has 0 saturated heterocycles. The highest BCUT2D eigenvalue weighted by Gasteiger charge is 2.12. The number of amides is 1. The summed E-state index contributed by atoms with van der Waals surface area (Å²) in [4.78, 5) is 11.8. The van der Waals surface area contributed by atoms with Crippen LogP contribution in [0.25, 0.3) is 11.4 Å². The topological polar surface area (TPSA) is 69.0 Å². The van der Waals surface area contributed by atoms with Crippen molar-refractivity contribution < 1.29 is 9.53 Å². The van der Waals surface area contributed by atoms with Crippen LogP contribution in [0.5, 0.6) is 0 Å². The van der Waals surface area contributed by atoms with Crippen LogP contribution in [0.4, 0.5) is 0 Å². The Kier molecular flexibility index (Phi) is 6.88. The van der Waals surface area contributed by atoms with Crippen molar-refractivity contribution in [3.05, 3.63) is 29.3 Å². The van der Waals surface area contributed by atoms with E-state index in [9.17, 15) is 4.79 Å². The number of benzene rings is 1. The number of carbonyl (C=O) groups is 1. The first-order valence-corrected chi connectivity index (χ1v) is 8.52. The van der Waals surface area contributed by atoms with Crippen LogP contribution in [0.2, 0.25) is 5.02 Å². The summed E-state index contributed by atoms with van der Waals surface area (Å²) in [5, 5.41) is 12.5. The van der Waals surface area contributed by atoms with Crippen LogP contribution in [0.15, 0.2) is 29.4 Å². The molecule has 0 aliphatic carbocycles. The van der Waals surface area contributed by atoms with Crippen LogP contribution in [0.3, 0.4) is 0 Å². The second-order valence-corrected chi connectivity index (χ2v) is 6.24. The Labute approximate surface area is 144 Å². The molecule has 0 aliphatic rings. The second kappa shape index (κ2) is 8.90. The molecular formula is C15H19ClN4O2S. The minimum absolute atomic E-state index is 0.0258. The molecule has 0 unspecified atom stereocenters. The third-order valence-corrected chi connectivity index (χ3v) is 4.39. The average Bonchev–Trinajstić information content (AvgIpc) is 2.91. The van der Waals surface area contributed by atoms with Gasteiger partial charge in [-0.1, -0.05) is 23.4 Å². The second-order valence-electron chi connectivity index (χ2n) is 4.86. The first-order valence-electron chi connectivity index (χ1n) is 7.15. The van der Waals surface area contributed by atoms with Crippen LogP contribution in [0.1, 0.15) is 6.42 Å². The third-order valence-electron chi connectivity index (χ3n) is 3.12. The summed E-state index contributed by atoms with van der Waals surface area (Å²) < 4.78 is 6.80. The molecule has 1 aromatic carbocycles. The van der Waals surface area contributed by atoms with Gasteiger partial charge in [-0.2, -0.15) is 0 Å². The summed E-state index contributed by atoms with van der Waals surface area (Å²) >= 11 is 7.25. The van der Waals surface area contributed by atoms with E-state index in [-0.39, 0.29) is 5.91 Å². The summed E-state index contributed by atoms with van der Waals surface area (Å²) in [6.07, 6.45) is 0.803. The lowest BCUT2D eigenvalue weighted by Crippen LogP contribution is -2.26. The zero-order chi connectivity index (χ0) is 16.7. The fraction of sp³-hybridized carbons (Fsp3) is 0.400. The Hall–Kier alpha value is -1.57. The Morgan fingerprint density at radius 3 is 2.78 bits per heavy atom. The van der Waals surface area contributed by atoms with Gasteiger partial charge in [-0.05, 0) is 30.7 Å². The maximum atomic E-state index is 11.8. The van der Waals surface area contributed by atoms with E-state index in [2.05, 4.69) is 15.5 Å². The van der Waals surface area contributed by atoms with Gasteiger partial charge >= 0.3 is 0 Å². The number of nitrogens with one attached hydrogen (secondary N) is 1. The molecule has 2 aromatic rings. The summed E-state index contributed by atoms with van der Waals surface area (Å²) in [6.45, 7) is 1.25. The molecule has 1 amide bonds. The molecule has 6 nitrogen and oxygen atoms in total. The minimum Gasteiger partial charge on any atom is -0.385 e. The zero-order valence-corrected chi connectivity index (χ0v) is 14.7. The number of hydrogen-bond acceptors (Lipinski definition) is 5. The molecule has 0 radical (unpaired) electrons. The van der Waals surface area contributed by atoms with Gasteiger partial charge in [-0.15, -0.1) is 10.2 Å². The van der Waals surface area contributed by atoms with Crippen molar-refractivity contribution in [2.45, 2.75) is 11.6 Å². The SMILES string of the molecule is COCCCNC(=O)CSc1nnc(-c2ccc(Cl)cc2)n1C. The lowest BCUT2D eigenvalue weighted by molar-refractivity contribution is -0.118. The van der Waals surface area contributed by atoms with Gasteiger partial charge in [-0.25, -0.2) is 0 Å². The maximum Gasteiger partial charge on any atom is 0.230 e. The van der Waals surface area contributed by atoms with Gasteiger partial charge in [0.25, 0.3) is 0 Å². The lowest BCUT2D eigenvalue weighted by Gasteiger charge is -2.05. The number of halogens is 1. The maximum absolute atomic E-state index is 11.8. The number of rotatable bonds is 8. The van der Waals surface area contributed by atoms with E-state index in [0.717, 1.165) is 17.8 Å². The predicted octanol–water partition coefficient (Wildman–Crippen LogP) is 2.38. The number of methoxy groups -OCH3 is 1. The lowest BCUT2D eigenvalue weighted by atomic mass is 10.2. The molecule has 1 N–H and O–H groups in total. The average molecular weight is 355 g/mol. The molecule has 8 heteroatoms. The third kappa shape index (κ3) is 5.23. The van der Waals surface area contributed by atoms with Crippen molar-refractivity contribution in [2.75, 3.05) is 26.0 Å². The number of ether oxygens (including phenoxy) is 1. The van der Waals surface area contributed by atoms with Crippen LogP contribution >= 0.6 is 23.4 Å². The molecule has 0 bridgehead atoms. The Bertz CT molecular complexity index is 645.